The quantitative estimate of drug-likeness (QED) is 0.687. The number of nitrogens with zero attached hydrogens (tertiary/aromatic N) is 2. The van der Waals surface area contributed by atoms with Crippen LogP contribution in [0.2, 0.25) is 0 Å². The summed E-state index contributed by atoms with van der Waals surface area (Å²) in [6, 6.07) is 10.4. The lowest BCUT2D eigenvalue weighted by Crippen LogP contribution is -2.68. The first-order chi connectivity index (χ1) is 11.7. The molecule has 0 amide bonds. The van der Waals surface area contributed by atoms with Gasteiger partial charge in [-0.2, -0.15) is 0 Å². The van der Waals surface area contributed by atoms with E-state index in [-0.39, 0.29) is 6.04 Å². The van der Waals surface area contributed by atoms with Crippen molar-refractivity contribution < 1.29 is 9.59 Å². The van der Waals surface area contributed by atoms with E-state index in [1.54, 1.807) is 0 Å². The topological polar surface area (TPSA) is 33.1 Å². The summed E-state index contributed by atoms with van der Waals surface area (Å²) in [6.45, 7) is 9.74. The lowest BCUT2D eigenvalue weighted by Gasteiger charge is -2.57. The van der Waals surface area contributed by atoms with Gasteiger partial charge in [-0.3, -0.25) is 4.98 Å². The summed E-state index contributed by atoms with van der Waals surface area (Å²) >= 11 is 0. The fourth-order valence-corrected chi connectivity index (χ4v) is 5.23. The van der Waals surface area contributed by atoms with E-state index >= 15 is 0 Å². The van der Waals surface area contributed by atoms with Crippen molar-refractivity contribution in [2.75, 3.05) is 19.6 Å². The molecule has 3 aliphatic heterocycles. The fraction of sp³-hybridized carbons (Fsp3) is 0.476. The number of hydrogen-bond acceptors (Lipinski definition) is 2. The lowest BCUT2D eigenvalue weighted by atomic mass is 9.71. The van der Waals surface area contributed by atoms with E-state index in [4.69, 9.17) is 0 Å². The zero-order valence-corrected chi connectivity index (χ0v) is 14.4. The van der Waals surface area contributed by atoms with Crippen LogP contribution in [-0.4, -0.2) is 40.2 Å². The molecule has 3 heteroatoms. The predicted octanol–water partition coefficient (Wildman–Crippen LogP) is 3.70. The lowest BCUT2D eigenvalue weighted by molar-refractivity contribution is -0.971. The first-order valence-corrected chi connectivity index (χ1v) is 9.18. The molecule has 1 aromatic heterocycles. The van der Waals surface area contributed by atoms with Crippen molar-refractivity contribution in [1.82, 2.24) is 4.98 Å². The number of aliphatic hydroxyl groups excluding tert-OH is 1. The average Bonchev–Trinajstić information content (AvgIpc) is 2.67. The Hall–Kier alpha value is -1.71. The van der Waals surface area contributed by atoms with Gasteiger partial charge in [0.25, 0.3) is 0 Å². The van der Waals surface area contributed by atoms with Gasteiger partial charge >= 0.3 is 0 Å². The summed E-state index contributed by atoms with van der Waals surface area (Å²) in [5, 5.41) is 12.4. The number of pyridine rings is 1. The first kappa shape index (κ1) is 15.8. The molecular weight excluding hydrogens is 296 g/mol. The molecule has 1 N–H and O–H groups in total. The van der Waals surface area contributed by atoms with Gasteiger partial charge in [0.15, 0.2) is 0 Å². The normalized spacial score (nSPS) is 33.5. The molecule has 0 spiro atoms. The third-order valence-electron chi connectivity index (χ3n) is 6.67. The molecule has 2 bridgehead atoms. The van der Waals surface area contributed by atoms with Crippen molar-refractivity contribution in [2.24, 2.45) is 11.8 Å². The number of piperidine rings is 3. The molecular formula is C21H27N2O+. The molecule has 3 aliphatic rings. The molecule has 24 heavy (non-hydrogen) atoms. The Morgan fingerprint density at radius 1 is 1.38 bits per heavy atom. The van der Waals surface area contributed by atoms with Gasteiger partial charge in [0.2, 0.25) is 0 Å². The van der Waals surface area contributed by atoms with Gasteiger partial charge < -0.3 is 9.59 Å². The van der Waals surface area contributed by atoms with Gasteiger partial charge in [-0.25, -0.2) is 0 Å². The highest BCUT2D eigenvalue weighted by Gasteiger charge is 2.53. The minimum absolute atomic E-state index is 0.288. The number of para-hydroxylation sites is 1. The summed E-state index contributed by atoms with van der Waals surface area (Å²) < 4.78 is 1.03. The average molecular weight is 323 g/mol. The number of rotatable bonds is 4. The number of benzene rings is 1. The number of aromatic nitrogens is 1. The van der Waals surface area contributed by atoms with Crippen LogP contribution in [0.25, 0.3) is 10.9 Å². The third-order valence-corrected chi connectivity index (χ3v) is 6.67. The molecule has 0 radical (unpaired) electrons. The van der Waals surface area contributed by atoms with Crippen molar-refractivity contribution in [3.8, 4) is 0 Å². The first-order valence-electron chi connectivity index (χ1n) is 9.18. The maximum atomic E-state index is 11.4. The highest BCUT2D eigenvalue weighted by molar-refractivity contribution is 5.82. The Morgan fingerprint density at radius 3 is 3.00 bits per heavy atom. The van der Waals surface area contributed by atoms with Crippen LogP contribution in [-0.2, 0) is 0 Å². The van der Waals surface area contributed by atoms with Crippen molar-refractivity contribution in [3.63, 3.8) is 0 Å². The van der Waals surface area contributed by atoms with Crippen LogP contribution < -0.4 is 0 Å². The van der Waals surface area contributed by atoms with Gasteiger partial charge in [-0.05, 0) is 30.5 Å². The second-order valence-corrected chi connectivity index (χ2v) is 7.55. The number of fused-ring (bicyclic) bond motifs is 4. The molecule has 4 heterocycles. The highest BCUT2D eigenvalue weighted by Crippen LogP contribution is 2.46. The Morgan fingerprint density at radius 2 is 2.21 bits per heavy atom. The zero-order chi connectivity index (χ0) is 16.7. The highest BCUT2D eigenvalue weighted by atomic mass is 16.3. The van der Waals surface area contributed by atoms with Gasteiger partial charge in [0, 0.05) is 30.3 Å². The molecule has 0 aliphatic carbocycles. The summed E-state index contributed by atoms with van der Waals surface area (Å²) in [4.78, 5) is 4.45. The van der Waals surface area contributed by atoms with Crippen molar-refractivity contribution >= 4 is 10.9 Å². The van der Waals surface area contributed by atoms with Gasteiger partial charge in [0.1, 0.15) is 12.1 Å². The maximum absolute atomic E-state index is 11.4. The van der Waals surface area contributed by atoms with Crippen molar-refractivity contribution in [1.29, 1.82) is 0 Å². The van der Waals surface area contributed by atoms with E-state index < -0.39 is 6.10 Å². The molecule has 126 valence electrons. The number of likely N-dealkylation sites (N-methyl/N-ethyl adjacent to an activating group) is 1. The van der Waals surface area contributed by atoms with Crippen LogP contribution in [0, 0.1) is 11.8 Å². The van der Waals surface area contributed by atoms with Crippen LogP contribution in [0.1, 0.15) is 31.4 Å². The molecule has 5 rings (SSSR count). The molecule has 3 nitrogen and oxygen atoms in total. The summed E-state index contributed by atoms with van der Waals surface area (Å²) in [5.41, 5.74) is 2.01. The monoisotopic (exact) mass is 323 g/mol. The van der Waals surface area contributed by atoms with E-state index in [1.165, 1.54) is 13.0 Å². The van der Waals surface area contributed by atoms with Crippen LogP contribution in [0.4, 0.5) is 0 Å². The molecule has 0 saturated carbocycles. The Bertz CT molecular complexity index is 753. The molecule has 1 aromatic carbocycles. The van der Waals surface area contributed by atoms with E-state index in [0.717, 1.165) is 40.5 Å². The molecule has 3 fully saturated rings. The minimum atomic E-state index is -0.425. The Labute approximate surface area is 144 Å². The van der Waals surface area contributed by atoms with Crippen molar-refractivity contribution in [3.05, 3.63) is 54.7 Å². The van der Waals surface area contributed by atoms with Crippen molar-refractivity contribution in [2.45, 2.75) is 31.9 Å². The summed E-state index contributed by atoms with van der Waals surface area (Å²) in [7, 11) is 0. The fourth-order valence-electron chi connectivity index (χ4n) is 5.23. The van der Waals surface area contributed by atoms with Gasteiger partial charge in [0.05, 0.1) is 25.2 Å². The summed E-state index contributed by atoms with van der Waals surface area (Å²) in [6.07, 6.45) is 5.93. The molecule has 3 saturated heterocycles. The Balaban J connectivity index is 1.74. The maximum Gasteiger partial charge on any atom is 0.131 e. The SMILES string of the molecule is C=CC1C[N+]2(CC)CCC1C[C@H]2[C@@H](O)c1ccnc2ccccc12. The number of aliphatic hydroxyl groups is 1. The minimum Gasteiger partial charge on any atom is -0.382 e. The standard InChI is InChI=1S/C21H27N2O/c1-3-15-14-23(4-2)12-10-16(15)13-20(23)21(24)18-9-11-22-19-8-6-5-7-17(18)19/h3,5-9,11,15-16,20-21,24H,1,4,10,12-14H2,2H3/q+1/t15?,16?,20-,21-,23?/m0/s1. The number of hydrogen-bond donors (Lipinski definition) is 1. The number of quaternary nitrogens is 1. The van der Waals surface area contributed by atoms with Crippen LogP contribution in [0.15, 0.2) is 49.2 Å². The van der Waals surface area contributed by atoms with E-state index in [1.807, 2.05) is 30.5 Å². The summed E-state index contributed by atoms with van der Waals surface area (Å²) in [5.74, 6) is 1.29. The third kappa shape index (κ3) is 2.30. The smallest absolute Gasteiger partial charge is 0.131 e. The Kier molecular flexibility index (Phi) is 3.93. The van der Waals surface area contributed by atoms with Gasteiger partial charge in [-0.1, -0.05) is 24.3 Å². The van der Waals surface area contributed by atoms with E-state index in [9.17, 15) is 5.11 Å². The van der Waals surface area contributed by atoms with Crippen LogP contribution >= 0.6 is 0 Å². The van der Waals surface area contributed by atoms with Crippen LogP contribution in [0.5, 0.6) is 0 Å². The zero-order valence-electron chi connectivity index (χ0n) is 14.4. The second-order valence-electron chi connectivity index (χ2n) is 7.55. The molecule has 3 unspecified atom stereocenters. The largest absolute Gasteiger partial charge is 0.382 e. The van der Waals surface area contributed by atoms with Gasteiger partial charge in [-0.15, -0.1) is 6.58 Å². The molecule has 2 aromatic rings. The van der Waals surface area contributed by atoms with E-state index in [0.29, 0.717) is 11.8 Å². The van der Waals surface area contributed by atoms with E-state index in [2.05, 4.69) is 30.6 Å². The van der Waals surface area contributed by atoms with Crippen LogP contribution in [0.3, 0.4) is 0 Å². The second kappa shape index (κ2) is 5.98. The molecule has 5 atom stereocenters. The predicted molar refractivity (Wildman–Crippen MR) is 97.4 cm³/mol.